The van der Waals surface area contributed by atoms with Crippen LogP contribution >= 0.6 is 0 Å². The Morgan fingerprint density at radius 3 is 2.69 bits per heavy atom. The predicted octanol–water partition coefficient (Wildman–Crippen LogP) is 2.29. The molecule has 2 aromatic rings. The minimum Gasteiger partial charge on any atom is -0.478 e. The van der Waals surface area contributed by atoms with Gasteiger partial charge in [0, 0.05) is 30.3 Å². The van der Waals surface area contributed by atoms with Crippen LogP contribution in [0.25, 0.3) is 11.3 Å². The summed E-state index contributed by atoms with van der Waals surface area (Å²) >= 11 is 0. The molecule has 0 radical (unpaired) electrons. The third-order valence-electron chi connectivity index (χ3n) is 4.52. The first-order valence-corrected chi connectivity index (χ1v) is 10.2. The molecular weight excluding hydrogens is 354 g/mol. The van der Waals surface area contributed by atoms with Gasteiger partial charge in [0.15, 0.2) is 0 Å². The Hall–Kier alpha value is -2.32. The van der Waals surface area contributed by atoms with Crippen molar-refractivity contribution in [2.24, 2.45) is 0 Å². The second-order valence-electron chi connectivity index (χ2n) is 6.56. The maximum atomic E-state index is 11.9. The van der Waals surface area contributed by atoms with E-state index in [9.17, 15) is 18.3 Å². The Morgan fingerprint density at radius 2 is 2.00 bits per heavy atom. The zero-order chi connectivity index (χ0) is 18.9. The largest absolute Gasteiger partial charge is 0.478 e. The number of aromatic carboxylic acids is 1. The van der Waals surface area contributed by atoms with E-state index in [2.05, 4.69) is 9.97 Å². The van der Waals surface area contributed by atoms with Gasteiger partial charge in [0.2, 0.25) is 10.0 Å². The van der Waals surface area contributed by atoms with Gasteiger partial charge in [-0.3, -0.25) is 0 Å². The molecule has 0 bridgehead atoms. The van der Waals surface area contributed by atoms with E-state index in [0.29, 0.717) is 30.2 Å². The Kier molecular flexibility index (Phi) is 5.06. The Balaban J connectivity index is 2.00. The summed E-state index contributed by atoms with van der Waals surface area (Å²) < 4.78 is 25.2. The fourth-order valence-corrected chi connectivity index (χ4v) is 4.17. The summed E-state index contributed by atoms with van der Waals surface area (Å²) in [4.78, 5) is 20.6. The number of hydrogen-bond acceptors (Lipinski definition) is 5. The Labute approximate surface area is 152 Å². The normalized spacial score (nSPS) is 18.6. The van der Waals surface area contributed by atoms with Gasteiger partial charge >= 0.3 is 5.97 Å². The summed E-state index contributed by atoms with van der Waals surface area (Å²) in [5.41, 5.74) is 1.98. The summed E-state index contributed by atoms with van der Waals surface area (Å²) in [6, 6.07) is 8.46. The van der Waals surface area contributed by atoms with Gasteiger partial charge in [-0.15, -0.1) is 0 Å². The van der Waals surface area contributed by atoms with E-state index in [1.807, 2.05) is 6.92 Å². The van der Waals surface area contributed by atoms with Crippen LogP contribution in [-0.2, 0) is 10.0 Å². The van der Waals surface area contributed by atoms with Crippen molar-refractivity contribution < 1.29 is 18.3 Å². The SMILES string of the molecule is Cc1cc(-c2ccccc2C(=O)O)nc(C2CCCN(S(C)(=O)=O)C2)n1. The fourth-order valence-electron chi connectivity index (χ4n) is 3.26. The van der Waals surface area contributed by atoms with Crippen LogP contribution in [0, 0.1) is 6.92 Å². The molecule has 2 heterocycles. The number of aromatic nitrogens is 2. The van der Waals surface area contributed by atoms with Gasteiger partial charge in [0.25, 0.3) is 0 Å². The first-order valence-electron chi connectivity index (χ1n) is 8.39. The van der Waals surface area contributed by atoms with Crippen LogP contribution in [0.3, 0.4) is 0 Å². The molecule has 26 heavy (non-hydrogen) atoms. The highest BCUT2D eigenvalue weighted by atomic mass is 32.2. The van der Waals surface area contributed by atoms with Crippen molar-refractivity contribution in [1.29, 1.82) is 0 Å². The number of carboxylic acid groups (broad SMARTS) is 1. The Morgan fingerprint density at radius 1 is 1.27 bits per heavy atom. The molecule has 138 valence electrons. The molecule has 1 aromatic carbocycles. The second kappa shape index (κ2) is 7.13. The average molecular weight is 375 g/mol. The van der Waals surface area contributed by atoms with Gasteiger partial charge < -0.3 is 5.11 Å². The highest BCUT2D eigenvalue weighted by molar-refractivity contribution is 7.88. The number of benzene rings is 1. The topological polar surface area (TPSA) is 100 Å². The molecule has 1 N–H and O–H groups in total. The van der Waals surface area contributed by atoms with E-state index in [0.717, 1.165) is 18.5 Å². The zero-order valence-corrected chi connectivity index (χ0v) is 15.5. The minimum atomic E-state index is -3.26. The minimum absolute atomic E-state index is 0.103. The van der Waals surface area contributed by atoms with Gasteiger partial charge in [-0.05, 0) is 31.9 Å². The highest BCUT2D eigenvalue weighted by Crippen LogP contribution is 2.29. The van der Waals surface area contributed by atoms with E-state index in [-0.39, 0.29) is 11.5 Å². The average Bonchev–Trinajstić information content (AvgIpc) is 2.60. The number of carboxylic acids is 1. The number of nitrogens with zero attached hydrogens (tertiary/aromatic N) is 3. The molecule has 0 amide bonds. The predicted molar refractivity (Wildman–Crippen MR) is 97.6 cm³/mol. The van der Waals surface area contributed by atoms with Crippen molar-refractivity contribution in [3.8, 4) is 11.3 Å². The molecule has 1 aromatic heterocycles. The highest BCUT2D eigenvalue weighted by Gasteiger charge is 2.29. The molecule has 1 aliphatic rings. The monoisotopic (exact) mass is 375 g/mol. The summed E-state index contributed by atoms with van der Waals surface area (Å²) in [6.45, 7) is 2.69. The van der Waals surface area contributed by atoms with Gasteiger partial charge in [0.05, 0.1) is 17.5 Å². The molecule has 0 aliphatic carbocycles. The van der Waals surface area contributed by atoms with Crippen molar-refractivity contribution >= 4 is 16.0 Å². The molecular formula is C18H21N3O4S. The summed E-state index contributed by atoms with van der Waals surface area (Å²) in [5.74, 6) is -0.554. The van der Waals surface area contributed by atoms with Crippen molar-refractivity contribution in [1.82, 2.24) is 14.3 Å². The van der Waals surface area contributed by atoms with Crippen molar-refractivity contribution in [2.45, 2.75) is 25.7 Å². The number of sulfonamides is 1. The molecule has 0 saturated carbocycles. The third kappa shape index (κ3) is 3.91. The van der Waals surface area contributed by atoms with Crippen LogP contribution in [0.2, 0.25) is 0 Å². The van der Waals surface area contributed by atoms with Gasteiger partial charge in [-0.2, -0.15) is 0 Å². The lowest BCUT2D eigenvalue weighted by atomic mass is 9.97. The molecule has 7 nitrogen and oxygen atoms in total. The molecule has 1 fully saturated rings. The van der Waals surface area contributed by atoms with Gasteiger partial charge in [-0.25, -0.2) is 27.5 Å². The van der Waals surface area contributed by atoms with E-state index >= 15 is 0 Å². The van der Waals surface area contributed by atoms with E-state index in [1.165, 1.54) is 10.6 Å². The van der Waals surface area contributed by atoms with E-state index in [4.69, 9.17) is 0 Å². The van der Waals surface area contributed by atoms with Crippen LogP contribution in [0.1, 0.15) is 40.6 Å². The standard InChI is InChI=1S/C18H21N3O4S/c1-12-10-16(14-7-3-4-8-15(14)18(22)23)20-17(19-12)13-6-5-9-21(11-13)26(2,24)25/h3-4,7-8,10,13H,5-6,9,11H2,1-2H3,(H,22,23). The summed E-state index contributed by atoms with van der Waals surface area (Å²) in [5, 5.41) is 9.42. The van der Waals surface area contributed by atoms with Gasteiger partial charge in [0.1, 0.15) is 5.82 Å². The van der Waals surface area contributed by atoms with E-state index in [1.54, 1.807) is 30.3 Å². The van der Waals surface area contributed by atoms with Gasteiger partial charge in [-0.1, -0.05) is 18.2 Å². The lowest BCUT2D eigenvalue weighted by Crippen LogP contribution is -2.38. The first-order chi connectivity index (χ1) is 12.3. The smallest absolute Gasteiger partial charge is 0.336 e. The Bertz CT molecular complexity index is 943. The van der Waals surface area contributed by atoms with Crippen LogP contribution in [0.5, 0.6) is 0 Å². The summed E-state index contributed by atoms with van der Waals surface area (Å²) in [7, 11) is -3.26. The number of rotatable bonds is 4. The molecule has 1 aliphatic heterocycles. The zero-order valence-electron chi connectivity index (χ0n) is 14.7. The lowest BCUT2D eigenvalue weighted by Gasteiger charge is -2.30. The quantitative estimate of drug-likeness (QED) is 0.880. The maximum Gasteiger partial charge on any atom is 0.336 e. The van der Waals surface area contributed by atoms with Crippen LogP contribution in [0.15, 0.2) is 30.3 Å². The van der Waals surface area contributed by atoms with Crippen molar-refractivity contribution in [2.75, 3.05) is 19.3 Å². The molecule has 3 rings (SSSR count). The van der Waals surface area contributed by atoms with Crippen LogP contribution < -0.4 is 0 Å². The summed E-state index contributed by atoms with van der Waals surface area (Å²) in [6.07, 6.45) is 2.76. The lowest BCUT2D eigenvalue weighted by molar-refractivity contribution is 0.0697. The molecule has 1 saturated heterocycles. The van der Waals surface area contributed by atoms with Crippen LogP contribution in [0.4, 0.5) is 0 Å². The van der Waals surface area contributed by atoms with Crippen LogP contribution in [-0.4, -0.2) is 53.1 Å². The van der Waals surface area contributed by atoms with Crippen molar-refractivity contribution in [3.63, 3.8) is 0 Å². The number of carbonyl (C=O) groups is 1. The molecule has 8 heteroatoms. The number of piperidine rings is 1. The van der Waals surface area contributed by atoms with Crippen molar-refractivity contribution in [3.05, 3.63) is 47.4 Å². The molecule has 0 spiro atoms. The first kappa shape index (κ1) is 18.5. The molecule has 1 atom stereocenters. The third-order valence-corrected chi connectivity index (χ3v) is 5.79. The number of hydrogen-bond donors (Lipinski definition) is 1. The fraction of sp³-hybridized carbons (Fsp3) is 0.389. The second-order valence-corrected chi connectivity index (χ2v) is 8.55. The van der Waals surface area contributed by atoms with E-state index < -0.39 is 16.0 Å². The molecule has 1 unspecified atom stereocenters. The number of aryl methyl sites for hydroxylation is 1. The maximum absolute atomic E-state index is 11.9.